The van der Waals surface area contributed by atoms with Crippen molar-refractivity contribution in [1.82, 2.24) is 20.3 Å². The molecule has 0 radical (unpaired) electrons. The highest BCUT2D eigenvalue weighted by Crippen LogP contribution is 2.06. The first-order valence-electron chi connectivity index (χ1n) is 5.44. The molecule has 8 heteroatoms. The molecule has 2 aromatic heterocycles. The largest absolute Gasteiger partial charge is 0.475 e. The molecule has 0 atom stereocenters. The van der Waals surface area contributed by atoms with Crippen molar-refractivity contribution in [3.63, 3.8) is 0 Å². The molecule has 0 fully saturated rings. The van der Waals surface area contributed by atoms with E-state index < -0.39 is 11.9 Å². The molecular formula is C11H12N4O4. The average Bonchev–Trinajstić information content (AvgIpc) is 2.93. The average molecular weight is 264 g/mol. The number of aryl methyl sites for hydroxylation is 2. The Labute approximate surface area is 108 Å². The summed E-state index contributed by atoms with van der Waals surface area (Å²) in [5.74, 6) is -2.14. The van der Waals surface area contributed by atoms with Crippen LogP contribution in [0.3, 0.4) is 0 Å². The number of hydrogen-bond acceptors (Lipinski definition) is 5. The summed E-state index contributed by atoms with van der Waals surface area (Å²) < 4.78 is 6.15. The van der Waals surface area contributed by atoms with E-state index >= 15 is 0 Å². The van der Waals surface area contributed by atoms with E-state index in [1.807, 2.05) is 6.92 Å². The van der Waals surface area contributed by atoms with Gasteiger partial charge in [-0.25, -0.2) is 4.79 Å². The number of carboxylic acids is 1. The van der Waals surface area contributed by atoms with Gasteiger partial charge in [0.2, 0.25) is 5.76 Å². The van der Waals surface area contributed by atoms with Crippen LogP contribution in [0, 0.1) is 6.92 Å². The van der Waals surface area contributed by atoms with Gasteiger partial charge in [-0.05, 0) is 6.92 Å². The smallest absolute Gasteiger partial charge is 0.374 e. The van der Waals surface area contributed by atoms with Crippen LogP contribution >= 0.6 is 0 Å². The molecule has 2 N–H and O–H groups in total. The Morgan fingerprint density at radius 1 is 1.53 bits per heavy atom. The van der Waals surface area contributed by atoms with Crippen LogP contribution in [0.2, 0.25) is 0 Å². The van der Waals surface area contributed by atoms with E-state index in [1.54, 1.807) is 17.9 Å². The maximum atomic E-state index is 11.7. The van der Waals surface area contributed by atoms with Gasteiger partial charge in [0, 0.05) is 31.4 Å². The van der Waals surface area contributed by atoms with Gasteiger partial charge in [0.1, 0.15) is 0 Å². The molecule has 19 heavy (non-hydrogen) atoms. The minimum atomic E-state index is -1.27. The number of aromatic nitrogens is 3. The van der Waals surface area contributed by atoms with E-state index in [0.717, 1.165) is 17.3 Å². The van der Waals surface area contributed by atoms with Gasteiger partial charge < -0.3 is 14.9 Å². The van der Waals surface area contributed by atoms with Crippen LogP contribution in [0.1, 0.15) is 32.3 Å². The van der Waals surface area contributed by atoms with Crippen LogP contribution in [0.15, 0.2) is 16.8 Å². The van der Waals surface area contributed by atoms with E-state index in [4.69, 9.17) is 5.11 Å². The molecule has 1 amide bonds. The van der Waals surface area contributed by atoms with Gasteiger partial charge in [-0.15, -0.1) is 0 Å². The quantitative estimate of drug-likeness (QED) is 0.824. The van der Waals surface area contributed by atoms with Crippen molar-refractivity contribution in [3.8, 4) is 0 Å². The second-order valence-electron chi connectivity index (χ2n) is 3.98. The SMILES string of the molecule is Cc1nn(C)cc1CNC(=O)c1cc(C(=O)O)on1. The molecule has 100 valence electrons. The van der Waals surface area contributed by atoms with Crippen molar-refractivity contribution < 1.29 is 19.2 Å². The summed E-state index contributed by atoms with van der Waals surface area (Å²) in [6.07, 6.45) is 1.79. The minimum absolute atomic E-state index is 0.0704. The molecule has 8 nitrogen and oxygen atoms in total. The summed E-state index contributed by atoms with van der Waals surface area (Å²) in [7, 11) is 1.79. The molecule has 0 saturated carbocycles. The first-order valence-corrected chi connectivity index (χ1v) is 5.44. The molecule has 2 aromatic rings. The summed E-state index contributed by atoms with van der Waals surface area (Å²) in [6.45, 7) is 2.12. The van der Waals surface area contributed by atoms with Crippen LogP contribution in [-0.4, -0.2) is 31.9 Å². The third-order valence-corrected chi connectivity index (χ3v) is 2.51. The molecule has 0 aliphatic carbocycles. The number of rotatable bonds is 4. The van der Waals surface area contributed by atoms with Crippen LogP contribution in [-0.2, 0) is 13.6 Å². The fraction of sp³-hybridized carbons (Fsp3) is 0.273. The third-order valence-electron chi connectivity index (χ3n) is 2.51. The summed E-state index contributed by atoms with van der Waals surface area (Å²) >= 11 is 0. The summed E-state index contributed by atoms with van der Waals surface area (Å²) in [5, 5.41) is 18.8. The minimum Gasteiger partial charge on any atom is -0.475 e. The monoisotopic (exact) mass is 264 g/mol. The van der Waals surface area contributed by atoms with Gasteiger partial charge in [-0.2, -0.15) is 5.10 Å². The maximum absolute atomic E-state index is 11.7. The van der Waals surface area contributed by atoms with Crippen LogP contribution < -0.4 is 5.32 Å². The first-order chi connectivity index (χ1) is 8.97. The fourth-order valence-corrected chi connectivity index (χ4v) is 1.57. The van der Waals surface area contributed by atoms with Crippen molar-refractivity contribution in [3.05, 3.63) is 35.0 Å². The van der Waals surface area contributed by atoms with E-state index in [1.165, 1.54) is 0 Å². The van der Waals surface area contributed by atoms with E-state index in [0.29, 0.717) is 0 Å². The lowest BCUT2D eigenvalue weighted by atomic mass is 10.2. The Balaban J connectivity index is 2.01. The number of nitrogens with one attached hydrogen (secondary N) is 1. The second kappa shape index (κ2) is 4.92. The number of carbonyl (C=O) groups is 2. The van der Waals surface area contributed by atoms with Gasteiger partial charge in [0.15, 0.2) is 5.69 Å². The molecule has 2 rings (SSSR count). The van der Waals surface area contributed by atoms with Crippen molar-refractivity contribution in [1.29, 1.82) is 0 Å². The number of hydrogen-bond donors (Lipinski definition) is 2. The van der Waals surface area contributed by atoms with Gasteiger partial charge in [0.05, 0.1) is 5.69 Å². The van der Waals surface area contributed by atoms with Crippen molar-refractivity contribution in [2.24, 2.45) is 7.05 Å². The summed E-state index contributed by atoms with van der Waals surface area (Å²) in [6, 6.07) is 1.08. The molecule has 0 aliphatic rings. The van der Waals surface area contributed by atoms with Gasteiger partial charge >= 0.3 is 5.97 Å². The Morgan fingerprint density at radius 3 is 2.79 bits per heavy atom. The molecule has 0 aromatic carbocycles. The standard InChI is InChI=1S/C11H12N4O4/c1-6-7(5-15(2)13-6)4-12-10(16)8-3-9(11(17)18)19-14-8/h3,5H,4H2,1-2H3,(H,12,16)(H,17,18). The number of amides is 1. The molecule has 0 spiro atoms. The predicted octanol–water partition coefficient (Wildman–Crippen LogP) is 0.345. The topological polar surface area (TPSA) is 110 Å². The van der Waals surface area contributed by atoms with Crippen molar-refractivity contribution in [2.45, 2.75) is 13.5 Å². The fourth-order valence-electron chi connectivity index (χ4n) is 1.57. The van der Waals surface area contributed by atoms with Crippen LogP contribution in [0.5, 0.6) is 0 Å². The second-order valence-corrected chi connectivity index (χ2v) is 3.98. The van der Waals surface area contributed by atoms with Gasteiger partial charge in [-0.3, -0.25) is 9.48 Å². The molecule has 2 heterocycles. The molecule has 0 unspecified atom stereocenters. The summed E-state index contributed by atoms with van der Waals surface area (Å²) in [4.78, 5) is 22.3. The van der Waals surface area contributed by atoms with Crippen LogP contribution in [0.25, 0.3) is 0 Å². The van der Waals surface area contributed by atoms with Crippen molar-refractivity contribution >= 4 is 11.9 Å². The zero-order valence-corrected chi connectivity index (χ0v) is 10.4. The normalized spacial score (nSPS) is 10.4. The third kappa shape index (κ3) is 2.79. The Bertz CT molecular complexity index is 628. The Morgan fingerprint density at radius 2 is 2.26 bits per heavy atom. The predicted molar refractivity (Wildman–Crippen MR) is 62.6 cm³/mol. The lowest BCUT2D eigenvalue weighted by molar-refractivity contribution is 0.0651. The lowest BCUT2D eigenvalue weighted by Crippen LogP contribution is -2.23. The zero-order valence-electron chi connectivity index (χ0n) is 10.4. The Kier molecular flexibility index (Phi) is 3.32. The molecular weight excluding hydrogens is 252 g/mol. The maximum Gasteiger partial charge on any atom is 0.374 e. The number of aromatic carboxylic acids is 1. The molecule has 0 bridgehead atoms. The lowest BCUT2D eigenvalue weighted by Gasteiger charge is -2.00. The highest BCUT2D eigenvalue weighted by Gasteiger charge is 2.16. The van der Waals surface area contributed by atoms with Gasteiger partial charge in [-0.1, -0.05) is 5.16 Å². The highest BCUT2D eigenvalue weighted by atomic mass is 16.5. The van der Waals surface area contributed by atoms with Crippen molar-refractivity contribution in [2.75, 3.05) is 0 Å². The van der Waals surface area contributed by atoms with Gasteiger partial charge in [0.25, 0.3) is 5.91 Å². The number of nitrogens with zero attached hydrogens (tertiary/aromatic N) is 3. The first kappa shape index (κ1) is 12.8. The molecule has 0 saturated heterocycles. The van der Waals surface area contributed by atoms with Crippen LogP contribution in [0.4, 0.5) is 0 Å². The highest BCUT2D eigenvalue weighted by molar-refractivity contribution is 5.94. The zero-order chi connectivity index (χ0) is 14.0. The van der Waals surface area contributed by atoms with E-state index in [-0.39, 0.29) is 18.0 Å². The number of carbonyl (C=O) groups excluding carboxylic acids is 1. The number of carboxylic acid groups (broad SMARTS) is 1. The Hall–Kier alpha value is -2.64. The summed E-state index contributed by atoms with van der Waals surface area (Å²) in [5.41, 5.74) is 1.62. The van der Waals surface area contributed by atoms with E-state index in [2.05, 4.69) is 20.1 Å². The van der Waals surface area contributed by atoms with E-state index in [9.17, 15) is 9.59 Å². The molecule has 0 aliphatic heterocycles.